The number of halogens is 1. The average Bonchev–Trinajstić information content (AvgIpc) is 3.21. The van der Waals surface area contributed by atoms with E-state index in [4.69, 9.17) is 16.2 Å². The largest absolute Gasteiger partial charge is 0.454 e. The third-order valence-corrected chi connectivity index (χ3v) is 4.34. The molecule has 0 radical (unpaired) electrons. The molecule has 2 aromatic heterocycles. The second-order valence-corrected chi connectivity index (χ2v) is 6.63. The van der Waals surface area contributed by atoms with Gasteiger partial charge in [0, 0.05) is 23.4 Å². The number of carbonyl (C=O) groups is 1. The highest BCUT2D eigenvalue weighted by Gasteiger charge is 2.12. The number of esters is 1. The summed E-state index contributed by atoms with van der Waals surface area (Å²) in [5, 5.41) is 4.61. The molecule has 0 saturated carbocycles. The fourth-order valence-electron chi connectivity index (χ4n) is 2.92. The van der Waals surface area contributed by atoms with Crippen LogP contribution in [-0.4, -0.2) is 30.7 Å². The molecule has 10 heteroatoms. The number of ether oxygens (including phenoxy) is 1. The fraction of sp³-hybridized carbons (Fsp3) is 0.0455. The van der Waals surface area contributed by atoms with Gasteiger partial charge in [-0.1, -0.05) is 18.2 Å². The molecule has 0 spiro atoms. The van der Waals surface area contributed by atoms with Gasteiger partial charge in [-0.15, -0.1) is 0 Å². The summed E-state index contributed by atoms with van der Waals surface area (Å²) in [6.07, 6.45) is 4.60. The highest BCUT2D eigenvalue weighted by atomic mass is 19.1. The van der Waals surface area contributed by atoms with E-state index in [0.717, 1.165) is 5.69 Å². The number of hydrogen-bond acceptors (Lipinski definition) is 8. The zero-order valence-electron chi connectivity index (χ0n) is 16.7. The lowest BCUT2D eigenvalue weighted by Crippen LogP contribution is -2.09. The predicted molar refractivity (Wildman–Crippen MR) is 116 cm³/mol. The van der Waals surface area contributed by atoms with Gasteiger partial charge in [-0.2, -0.15) is 20.1 Å². The van der Waals surface area contributed by atoms with Crippen LogP contribution in [-0.2, 0) is 16.1 Å². The van der Waals surface area contributed by atoms with Gasteiger partial charge in [0.25, 0.3) is 0 Å². The van der Waals surface area contributed by atoms with E-state index in [2.05, 4.69) is 20.1 Å². The lowest BCUT2D eigenvalue weighted by atomic mass is 10.1. The molecule has 0 unspecified atom stereocenters. The highest BCUT2D eigenvalue weighted by Crippen LogP contribution is 2.25. The Hall–Kier alpha value is -4.60. The molecule has 0 fully saturated rings. The van der Waals surface area contributed by atoms with E-state index in [0.29, 0.717) is 16.8 Å². The van der Waals surface area contributed by atoms with Crippen LogP contribution in [0.15, 0.2) is 66.9 Å². The number of nitrogens with two attached hydrogens (primary N) is 2. The third-order valence-electron chi connectivity index (χ3n) is 4.34. The van der Waals surface area contributed by atoms with Gasteiger partial charge in [-0.25, -0.2) is 13.9 Å². The smallest absolute Gasteiger partial charge is 0.331 e. The minimum Gasteiger partial charge on any atom is -0.454 e. The summed E-state index contributed by atoms with van der Waals surface area (Å²) in [4.78, 5) is 23.6. The van der Waals surface area contributed by atoms with Crippen LogP contribution in [0.3, 0.4) is 0 Å². The van der Waals surface area contributed by atoms with E-state index in [1.807, 2.05) is 30.3 Å². The van der Waals surface area contributed by atoms with Gasteiger partial charge in [0.1, 0.15) is 5.82 Å². The number of benzene rings is 2. The molecule has 0 saturated heterocycles. The van der Waals surface area contributed by atoms with Crippen LogP contribution >= 0.6 is 0 Å². The molecule has 0 aliphatic carbocycles. The van der Waals surface area contributed by atoms with Crippen molar-refractivity contribution in [3.63, 3.8) is 0 Å². The Morgan fingerprint density at radius 3 is 2.38 bits per heavy atom. The summed E-state index contributed by atoms with van der Waals surface area (Å²) in [6, 6.07) is 15.4. The maximum Gasteiger partial charge on any atom is 0.331 e. The Labute approximate surface area is 182 Å². The van der Waals surface area contributed by atoms with Gasteiger partial charge >= 0.3 is 5.97 Å². The second kappa shape index (κ2) is 9.04. The van der Waals surface area contributed by atoms with Crippen molar-refractivity contribution in [2.75, 3.05) is 11.5 Å². The van der Waals surface area contributed by atoms with Crippen LogP contribution in [0.1, 0.15) is 11.4 Å². The standard InChI is InChI=1S/C22H18FN7O2/c23-16-9-6-14(7-10-16)20-15(12-30(29-20)17-4-2-1-3-5-17)8-11-19(31)32-13-18-26-21(24)28-22(25)27-18/h1-12H,13H2,(H4,24,25,26,27,28)/b11-8+. The summed E-state index contributed by atoms with van der Waals surface area (Å²) < 4.78 is 20.2. The summed E-state index contributed by atoms with van der Waals surface area (Å²) >= 11 is 0. The van der Waals surface area contributed by atoms with Crippen LogP contribution in [0.4, 0.5) is 16.3 Å². The van der Waals surface area contributed by atoms with E-state index in [-0.39, 0.29) is 30.1 Å². The molecule has 32 heavy (non-hydrogen) atoms. The highest BCUT2D eigenvalue weighted by molar-refractivity contribution is 5.88. The normalized spacial score (nSPS) is 11.0. The van der Waals surface area contributed by atoms with Gasteiger partial charge in [-0.3, -0.25) is 0 Å². The molecule has 2 heterocycles. The first kappa shape index (κ1) is 20.7. The molecule has 160 valence electrons. The molecule has 4 aromatic rings. The van der Waals surface area contributed by atoms with Crippen molar-refractivity contribution in [3.8, 4) is 16.9 Å². The first-order valence-electron chi connectivity index (χ1n) is 9.50. The topological polar surface area (TPSA) is 135 Å². The second-order valence-electron chi connectivity index (χ2n) is 6.63. The Morgan fingerprint density at radius 2 is 1.69 bits per heavy atom. The molecule has 0 amide bonds. The Kier molecular flexibility index (Phi) is 5.84. The summed E-state index contributed by atoms with van der Waals surface area (Å²) in [5.41, 5.74) is 13.8. The van der Waals surface area contributed by atoms with Crippen LogP contribution in [0.25, 0.3) is 23.0 Å². The molecular formula is C22H18FN7O2. The zero-order chi connectivity index (χ0) is 22.5. The fourth-order valence-corrected chi connectivity index (χ4v) is 2.92. The molecule has 0 bridgehead atoms. The maximum atomic E-state index is 13.4. The molecule has 0 atom stereocenters. The number of carbonyl (C=O) groups excluding carboxylic acids is 1. The third kappa shape index (κ3) is 4.93. The monoisotopic (exact) mass is 431 g/mol. The number of rotatable bonds is 6. The van der Waals surface area contributed by atoms with E-state index in [1.165, 1.54) is 18.2 Å². The molecule has 4 rings (SSSR count). The van der Waals surface area contributed by atoms with Gasteiger partial charge < -0.3 is 16.2 Å². The zero-order valence-corrected chi connectivity index (χ0v) is 16.7. The maximum absolute atomic E-state index is 13.4. The van der Waals surface area contributed by atoms with Crippen molar-refractivity contribution in [1.82, 2.24) is 24.7 Å². The predicted octanol–water partition coefficient (Wildman–Crippen LogP) is 2.78. The van der Waals surface area contributed by atoms with Crippen molar-refractivity contribution in [2.45, 2.75) is 6.61 Å². The van der Waals surface area contributed by atoms with Gasteiger partial charge in [-0.05, 0) is 42.5 Å². The summed E-state index contributed by atoms with van der Waals surface area (Å²) in [5.74, 6) is -0.954. The SMILES string of the molecule is Nc1nc(N)nc(COC(=O)/C=C/c2cn(-c3ccccc3)nc2-c2ccc(F)cc2)n1. The van der Waals surface area contributed by atoms with Crippen LogP contribution in [0.5, 0.6) is 0 Å². The molecule has 9 nitrogen and oxygen atoms in total. The van der Waals surface area contributed by atoms with Crippen molar-refractivity contribution < 1.29 is 13.9 Å². The Morgan fingerprint density at radius 1 is 1.00 bits per heavy atom. The van der Waals surface area contributed by atoms with Crippen LogP contribution < -0.4 is 11.5 Å². The lowest BCUT2D eigenvalue weighted by molar-refractivity contribution is -0.139. The van der Waals surface area contributed by atoms with Crippen molar-refractivity contribution in [1.29, 1.82) is 0 Å². The first-order chi connectivity index (χ1) is 15.5. The van der Waals surface area contributed by atoms with E-state index in [9.17, 15) is 9.18 Å². The van der Waals surface area contributed by atoms with Crippen molar-refractivity contribution >= 4 is 23.9 Å². The Bertz CT molecular complexity index is 1250. The molecule has 0 aliphatic rings. The quantitative estimate of drug-likeness (QED) is 0.351. The number of para-hydroxylation sites is 1. The average molecular weight is 431 g/mol. The number of nitrogens with zero attached hydrogens (tertiary/aromatic N) is 5. The number of nitrogen functional groups attached to an aromatic ring is 2. The van der Waals surface area contributed by atoms with E-state index in [1.54, 1.807) is 29.1 Å². The molecule has 0 aliphatic heterocycles. The number of anilines is 2. The summed E-state index contributed by atoms with van der Waals surface area (Å²) in [7, 11) is 0. The molecular weight excluding hydrogens is 413 g/mol. The van der Waals surface area contributed by atoms with E-state index >= 15 is 0 Å². The minimum atomic E-state index is -0.625. The molecule has 4 N–H and O–H groups in total. The molecule has 2 aromatic carbocycles. The van der Waals surface area contributed by atoms with Crippen LogP contribution in [0, 0.1) is 5.82 Å². The minimum absolute atomic E-state index is 0.0589. The van der Waals surface area contributed by atoms with Gasteiger partial charge in [0.05, 0.1) is 11.4 Å². The van der Waals surface area contributed by atoms with E-state index < -0.39 is 5.97 Å². The Balaban J connectivity index is 1.57. The van der Waals surface area contributed by atoms with Crippen LogP contribution in [0.2, 0.25) is 0 Å². The van der Waals surface area contributed by atoms with Crippen molar-refractivity contribution in [3.05, 3.63) is 84.1 Å². The number of aromatic nitrogens is 5. The number of hydrogen-bond donors (Lipinski definition) is 2. The van der Waals surface area contributed by atoms with Gasteiger partial charge in [0.2, 0.25) is 11.9 Å². The van der Waals surface area contributed by atoms with Gasteiger partial charge in [0.15, 0.2) is 12.4 Å². The summed E-state index contributed by atoms with van der Waals surface area (Å²) in [6.45, 7) is -0.214. The van der Waals surface area contributed by atoms with Crippen molar-refractivity contribution in [2.24, 2.45) is 0 Å². The lowest BCUT2D eigenvalue weighted by Gasteiger charge is -2.02. The first-order valence-corrected chi connectivity index (χ1v) is 9.50.